The molecule has 0 aliphatic carbocycles. The van der Waals surface area contributed by atoms with Crippen molar-refractivity contribution in [2.75, 3.05) is 12.9 Å². The van der Waals surface area contributed by atoms with E-state index in [-0.39, 0.29) is 5.97 Å². The van der Waals surface area contributed by atoms with Gasteiger partial charge in [-0.3, -0.25) is 4.79 Å². The third-order valence-corrected chi connectivity index (χ3v) is 0.738. The maximum Gasteiger partial charge on any atom is 0.303 e. The lowest BCUT2D eigenvalue weighted by Crippen LogP contribution is -2.00. The van der Waals surface area contributed by atoms with Gasteiger partial charge in [0.25, 0.3) is 0 Å². The zero-order valence-corrected chi connectivity index (χ0v) is 4.96. The molecule has 42 valence electrons. The highest BCUT2D eigenvalue weighted by Crippen LogP contribution is 1.79. The van der Waals surface area contributed by atoms with E-state index in [0.717, 1.165) is 0 Å². The second kappa shape index (κ2) is 3.99. The second-order valence-corrected chi connectivity index (χ2v) is 1.44. The number of rotatable bonds is 2. The number of hydrogen-bond donors (Lipinski definition) is 0. The van der Waals surface area contributed by atoms with Crippen LogP contribution in [-0.2, 0) is 22.2 Å². The van der Waals surface area contributed by atoms with Gasteiger partial charge >= 0.3 is 5.97 Å². The largest absolute Gasteiger partial charge is 0.792 e. The van der Waals surface area contributed by atoms with E-state index in [1.165, 1.54) is 7.11 Å². The van der Waals surface area contributed by atoms with Crippen molar-refractivity contribution in [1.29, 1.82) is 0 Å². The predicted molar refractivity (Wildman–Crippen MR) is 28.9 cm³/mol. The Hall–Kier alpha value is -0.180. The second-order valence-electron chi connectivity index (χ2n) is 1.03. The van der Waals surface area contributed by atoms with Gasteiger partial charge in [0.15, 0.2) is 0 Å². The van der Waals surface area contributed by atoms with Crippen molar-refractivity contribution in [3.63, 3.8) is 0 Å². The average molecular weight is 119 g/mol. The smallest absolute Gasteiger partial charge is 0.303 e. The summed E-state index contributed by atoms with van der Waals surface area (Å²) < 4.78 is 4.28. The first-order chi connectivity index (χ1) is 3.31. The molecule has 0 aliphatic heterocycles. The summed E-state index contributed by atoms with van der Waals surface area (Å²) in [6.07, 6.45) is 0.353. The molecule has 0 saturated heterocycles. The van der Waals surface area contributed by atoms with Gasteiger partial charge in [-0.2, -0.15) is 5.75 Å². The van der Waals surface area contributed by atoms with Crippen LogP contribution in [0, 0.1) is 0 Å². The highest BCUT2D eigenvalue weighted by atomic mass is 32.1. The number of carbonyl (C=O) groups is 1. The molecule has 0 N–H and O–H groups in total. The van der Waals surface area contributed by atoms with Gasteiger partial charge in [0.1, 0.15) is 0 Å². The Labute approximate surface area is 48.3 Å². The van der Waals surface area contributed by atoms with Gasteiger partial charge in [-0.15, -0.1) is 0 Å². The lowest BCUT2D eigenvalue weighted by molar-refractivity contribution is -0.140. The van der Waals surface area contributed by atoms with Crippen molar-refractivity contribution >= 4 is 18.6 Å². The molecule has 0 amide bonds. The molecule has 0 unspecified atom stereocenters. The highest BCUT2D eigenvalue weighted by molar-refractivity contribution is 7.58. The predicted octanol–water partition coefficient (Wildman–Crippen LogP) is 0.0964. The summed E-state index contributed by atoms with van der Waals surface area (Å²) in [6.45, 7) is 0. The molecule has 0 heterocycles. The molecule has 3 heteroatoms. The molecule has 0 fully saturated rings. The van der Waals surface area contributed by atoms with E-state index in [2.05, 4.69) is 17.4 Å². The van der Waals surface area contributed by atoms with Crippen LogP contribution in [0.5, 0.6) is 0 Å². The molecule has 0 bridgehead atoms. The summed E-state index contributed by atoms with van der Waals surface area (Å²) >= 11 is 4.49. The van der Waals surface area contributed by atoms with Gasteiger partial charge in [-0.25, -0.2) is 0 Å². The third kappa shape index (κ3) is 3.66. The third-order valence-electron chi connectivity index (χ3n) is 0.534. The summed E-state index contributed by atoms with van der Waals surface area (Å²) in [5.74, 6) is 0.224. The van der Waals surface area contributed by atoms with Gasteiger partial charge < -0.3 is 17.4 Å². The summed E-state index contributed by atoms with van der Waals surface area (Å²) in [5.41, 5.74) is 0. The minimum Gasteiger partial charge on any atom is -0.792 e. The summed E-state index contributed by atoms with van der Waals surface area (Å²) in [6, 6.07) is 0. The van der Waals surface area contributed by atoms with Crippen LogP contribution >= 0.6 is 0 Å². The number of hydrogen-bond acceptors (Lipinski definition) is 3. The SMILES string of the molecule is COC(=O)CC[S-]. The number of ether oxygens (including phenoxy) is 1. The normalized spacial score (nSPS) is 8.29. The minimum atomic E-state index is -0.227. The maximum atomic E-state index is 10.1. The van der Waals surface area contributed by atoms with E-state index in [1.807, 2.05) is 0 Å². The van der Waals surface area contributed by atoms with E-state index >= 15 is 0 Å². The van der Waals surface area contributed by atoms with Crippen molar-refractivity contribution in [1.82, 2.24) is 0 Å². The Kier molecular flexibility index (Phi) is 3.89. The first-order valence-electron chi connectivity index (χ1n) is 1.96. The summed E-state index contributed by atoms with van der Waals surface area (Å²) in [7, 11) is 1.35. The fourth-order valence-corrected chi connectivity index (χ4v) is 0.352. The molecule has 0 aromatic heterocycles. The number of methoxy groups -OCH3 is 1. The van der Waals surface area contributed by atoms with E-state index in [0.29, 0.717) is 12.2 Å². The molecule has 0 radical (unpaired) electrons. The summed E-state index contributed by atoms with van der Waals surface area (Å²) in [4.78, 5) is 10.1. The van der Waals surface area contributed by atoms with Gasteiger partial charge in [-0.05, 0) is 0 Å². The van der Waals surface area contributed by atoms with Gasteiger partial charge in [0.2, 0.25) is 0 Å². The Morgan fingerprint density at radius 2 is 2.43 bits per heavy atom. The fourth-order valence-electron chi connectivity index (χ4n) is 0.185. The van der Waals surface area contributed by atoms with Crippen LogP contribution in [0.2, 0.25) is 0 Å². The Balaban J connectivity index is 3.00. The van der Waals surface area contributed by atoms with Crippen molar-refractivity contribution in [3.8, 4) is 0 Å². The van der Waals surface area contributed by atoms with Crippen molar-refractivity contribution in [2.45, 2.75) is 6.42 Å². The topological polar surface area (TPSA) is 26.3 Å². The fraction of sp³-hybridized carbons (Fsp3) is 0.750. The molecule has 0 aromatic rings. The maximum absolute atomic E-state index is 10.1. The number of esters is 1. The van der Waals surface area contributed by atoms with Crippen molar-refractivity contribution in [3.05, 3.63) is 0 Å². The van der Waals surface area contributed by atoms with Gasteiger partial charge in [0, 0.05) is 6.42 Å². The minimum absolute atomic E-state index is 0.227. The highest BCUT2D eigenvalue weighted by Gasteiger charge is 1.89. The van der Waals surface area contributed by atoms with E-state index in [9.17, 15) is 4.79 Å². The van der Waals surface area contributed by atoms with Crippen LogP contribution in [0.15, 0.2) is 0 Å². The Morgan fingerprint density at radius 1 is 1.86 bits per heavy atom. The van der Waals surface area contributed by atoms with Gasteiger partial charge in [0.05, 0.1) is 7.11 Å². The van der Waals surface area contributed by atoms with Gasteiger partial charge in [-0.1, -0.05) is 0 Å². The number of carbonyl (C=O) groups excluding carboxylic acids is 1. The lowest BCUT2D eigenvalue weighted by atomic mass is 10.5. The molecule has 0 aliphatic rings. The standard InChI is InChI=1S/C4H8O2S/c1-6-4(5)2-3-7/h7H,2-3H2,1H3/p-1. The molecule has 0 aromatic carbocycles. The van der Waals surface area contributed by atoms with Crippen molar-refractivity contribution in [2.24, 2.45) is 0 Å². The molecular weight excluding hydrogens is 112 g/mol. The zero-order valence-electron chi connectivity index (χ0n) is 4.14. The zero-order chi connectivity index (χ0) is 5.70. The molecule has 0 atom stereocenters. The molecule has 7 heavy (non-hydrogen) atoms. The molecule has 0 spiro atoms. The van der Waals surface area contributed by atoms with Crippen LogP contribution in [0.3, 0.4) is 0 Å². The van der Waals surface area contributed by atoms with E-state index in [1.54, 1.807) is 0 Å². The van der Waals surface area contributed by atoms with Crippen LogP contribution < -0.4 is 0 Å². The first-order valence-corrected chi connectivity index (χ1v) is 2.54. The molecule has 0 saturated carbocycles. The van der Waals surface area contributed by atoms with E-state index in [4.69, 9.17) is 0 Å². The van der Waals surface area contributed by atoms with E-state index < -0.39 is 0 Å². The van der Waals surface area contributed by atoms with Crippen LogP contribution in [0.25, 0.3) is 0 Å². The Morgan fingerprint density at radius 3 is 2.57 bits per heavy atom. The average Bonchev–Trinajstić information content (AvgIpc) is 1.68. The molecular formula is C4H7O2S-. The monoisotopic (exact) mass is 119 g/mol. The summed E-state index contributed by atoms with van der Waals surface area (Å²) in [5, 5.41) is 0. The van der Waals surface area contributed by atoms with Crippen molar-refractivity contribution < 1.29 is 9.53 Å². The van der Waals surface area contributed by atoms with Crippen LogP contribution in [0.1, 0.15) is 6.42 Å². The first kappa shape index (κ1) is 6.82. The Bertz CT molecular complexity index is 62.7. The van der Waals surface area contributed by atoms with Crippen LogP contribution in [0.4, 0.5) is 0 Å². The van der Waals surface area contributed by atoms with Crippen LogP contribution in [-0.4, -0.2) is 18.8 Å². The lowest BCUT2D eigenvalue weighted by Gasteiger charge is -1.98. The molecule has 2 nitrogen and oxygen atoms in total. The molecule has 0 rings (SSSR count). The quantitative estimate of drug-likeness (QED) is 0.381.